The third kappa shape index (κ3) is 3.73. The van der Waals surface area contributed by atoms with Gasteiger partial charge in [-0.3, -0.25) is 4.90 Å². The number of rotatable bonds is 5. The van der Waals surface area contributed by atoms with Crippen LogP contribution in [-0.4, -0.2) is 36.8 Å². The van der Waals surface area contributed by atoms with E-state index >= 15 is 0 Å². The Balaban J connectivity index is 2.19. The highest BCUT2D eigenvalue weighted by Crippen LogP contribution is 2.37. The van der Waals surface area contributed by atoms with Gasteiger partial charge in [-0.1, -0.05) is 37.3 Å². The molecule has 0 aromatic heterocycles. The Morgan fingerprint density at radius 1 is 1.30 bits per heavy atom. The first-order valence-electron chi connectivity index (χ1n) is 7.11. The van der Waals surface area contributed by atoms with Gasteiger partial charge in [0.1, 0.15) is 6.04 Å². The third-order valence-electron chi connectivity index (χ3n) is 3.81. The fourth-order valence-corrected chi connectivity index (χ4v) is 2.85. The zero-order valence-electron chi connectivity index (χ0n) is 11.7. The second-order valence-corrected chi connectivity index (χ2v) is 5.24. The van der Waals surface area contributed by atoms with Gasteiger partial charge in [0.05, 0.1) is 0 Å². The van der Waals surface area contributed by atoms with Gasteiger partial charge in [0.2, 0.25) is 0 Å². The summed E-state index contributed by atoms with van der Waals surface area (Å²) in [4.78, 5) is 1.53. The normalized spacial score (nSPS) is 21.4. The highest BCUT2D eigenvalue weighted by Gasteiger charge is 2.44. The number of nitrogens with zero attached hydrogens (tertiary/aromatic N) is 1. The van der Waals surface area contributed by atoms with Gasteiger partial charge in [-0.15, -0.1) is 0 Å². The molecule has 2 nitrogen and oxygen atoms in total. The molecular formula is C15H21F3N2. The molecule has 0 spiro atoms. The minimum atomic E-state index is -4.25. The highest BCUT2D eigenvalue weighted by atomic mass is 19.4. The molecule has 0 aliphatic carbocycles. The van der Waals surface area contributed by atoms with E-state index in [0.29, 0.717) is 18.7 Å². The maximum absolute atomic E-state index is 13.5. The molecule has 1 saturated heterocycles. The summed E-state index contributed by atoms with van der Waals surface area (Å²) in [6.45, 7) is 3.52. The average Bonchev–Trinajstić information content (AvgIpc) is 2.90. The van der Waals surface area contributed by atoms with Crippen LogP contribution in [-0.2, 0) is 0 Å². The van der Waals surface area contributed by atoms with Gasteiger partial charge >= 0.3 is 6.18 Å². The lowest BCUT2D eigenvalue weighted by Gasteiger charge is -2.34. The third-order valence-corrected chi connectivity index (χ3v) is 3.81. The number of alkyl halides is 3. The molecule has 0 bridgehead atoms. The van der Waals surface area contributed by atoms with Crippen molar-refractivity contribution in [1.29, 1.82) is 0 Å². The molecule has 1 heterocycles. The van der Waals surface area contributed by atoms with Gasteiger partial charge in [-0.05, 0) is 31.5 Å². The molecule has 0 radical (unpaired) electrons. The molecule has 20 heavy (non-hydrogen) atoms. The van der Waals surface area contributed by atoms with Crippen LogP contribution in [0.1, 0.15) is 31.4 Å². The van der Waals surface area contributed by atoms with Crippen molar-refractivity contribution in [3.05, 3.63) is 35.9 Å². The number of hydrogen-bond acceptors (Lipinski definition) is 2. The molecule has 112 valence electrons. The van der Waals surface area contributed by atoms with E-state index in [4.69, 9.17) is 0 Å². The lowest BCUT2D eigenvalue weighted by Crippen LogP contribution is -2.44. The van der Waals surface area contributed by atoms with Crippen LogP contribution in [0.25, 0.3) is 0 Å². The maximum Gasteiger partial charge on any atom is 0.408 e. The summed E-state index contributed by atoms with van der Waals surface area (Å²) in [5.41, 5.74) is 0.319. The van der Waals surface area contributed by atoms with Crippen molar-refractivity contribution in [2.24, 2.45) is 0 Å². The summed E-state index contributed by atoms with van der Waals surface area (Å²) in [5, 5.41) is 3.27. The van der Waals surface area contributed by atoms with Crippen molar-refractivity contribution >= 4 is 0 Å². The maximum atomic E-state index is 13.5. The van der Waals surface area contributed by atoms with E-state index in [1.807, 2.05) is 0 Å². The van der Waals surface area contributed by atoms with Crippen LogP contribution in [0.15, 0.2) is 30.3 Å². The number of benzene rings is 1. The molecular weight excluding hydrogens is 265 g/mol. The van der Waals surface area contributed by atoms with Crippen molar-refractivity contribution in [3.63, 3.8) is 0 Å². The molecule has 1 aliphatic rings. The number of hydrogen-bond donors (Lipinski definition) is 1. The summed E-state index contributed by atoms with van der Waals surface area (Å²) in [5.74, 6) is 0. The first-order chi connectivity index (χ1) is 9.52. The molecule has 1 N–H and O–H groups in total. The van der Waals surface area contributed by atoms with Crippen molar-refractivity contribution in [2.75, 3.05) is 19.6 Å². The first kappa shape index (κ1) is 15.3. The van der Waals surface area contributed by atoms with Crippen molar-refractivity contribution < 1.29 is 13.2 Å². The van der Waals surface area contributed by atoms with E-state index in [0.717, 1.165) is 19.4 Å². The summed E-state index contributed by atoms with van der Waals surface area (Å²) < 4.78 is 40.4. The number of nitrogens with one attached hydrogen (secondary N) is 1. The second kappa shape index (κ2) is 6.59. The van der Waals surface area contributed by atoms with Gasteiger partial charge < -0.3 is 5.32 Å². The fourth-order valence-electron chi connectivity index (χ4n) is 2.85. The Bertz CT molecular complexity index is 399. The average molecular weight is 286 g/mol. The van der Waals surface area contributed by atoms with Gasteiger partial charge in [0, 0.05) is 12.6 Å². The molecule has 1 aromatic carbocycles. The minimum absolute atomic E-state index is 0.170. The molecule has 1 aromatic rings. The summed E-state index contributed by atoms with van der Waals surface area (Å²) in [6, 6.07) is 6.84. The topological polar surface area (TPSA) is 15.3 Å². The zero-order valence-corrected chi connectivity index (χ0v) is 11.7. The van der Waals surface area contributed by atoms with Crippen molar-refractivity contribution in [2.45, 2.75) is 38.0 Å². The van der Waals surface area contributed by atoms with Crippen LogP contribution < -0.4 is 5.32 Å². The quantitative estimate of drug-likeness (QED) is 0.893. The van der Waals surface area contributed by atoms with Crippen LogP contribution in [0.5, 0.6) is 0 Å². The van der Waals surface area contributed by atoms with Gasteiger partial charge in [-0.25, -0.2) is 0 Å². The summed E-state index contributed by atoms with van der Waals surface area (Å²) in [6.07, 6.45) is -2.25. The SMILES string of the molecule is CCN(CC1CCCN1)C(c1ccccc1)C(F)(F)F. The largest absolute Gasteiger partial charge is 0.408 e. The van der Waals surface area contributed by atoms with Crippen LogP contribution in [0.3, 0.4) is 0 Å². The summed E-state index contributed by atoms with van der Waals surface area (Å²) in [7, 11) is 0. The number of likely N-dealkylation sites (N-methyl/N-ethyl adjacent to an activating group) is 1. The minimum Gasteiger partial charge on any atom is -0.313 e. The lowest BCUT2D eigenvalue weighted by atomic mass is 10.0. The van der Waals surface area contributed by atoms with E-state index in [1.54, 1.807) is 37.3 Å². The zero-order chi connectivity index (χ0) is 14.6. The Morgan fingerprint density at radius 2 is 2.00 bits per heavy atom. The Labute approximate surface area is 118 Å². The molecule has 1 aliphatic heterocycles. The molecule has 1 fully saturated rings. The van der Waals surface area contributed by atoms with Gasteiger partial charge in [0.25, 0.3) is 0 Å². The number of halogens is 3. The Kier molecular flexibility index (Phi) is 5.05. The van der Waals surface area contributed by atoms with E-state index in [2.05, 4.69) is 5.32 Å². The van der Waals surface area contributed by atoms with Gasteiger partial charge in [0.15, 0.2) is 0 Å². The molecule has 2 unspecified atom stereocenters. The van der Waals surface area contributed by atoms with Crippen LogP contribution in [0, 0.1) is 0 Å². The summed E-state index contributed by atoms with van der Waals surface area (Å²) >= 11 is 0. The fraction of sp³-hybridized carbons (Fsp3) is 0.600. The van der Waals surface area contributed by atoms with Crippen LogP contribution in [0.4, 0.5) is 13.2 Å². The van der Waals surface area contributed by atoms with Gasteiger partial charge in [-0.2, -0.15) is 13.2 Å². The van der Waals surface area contributed by atoms with E-state index in [9.17, 15) is 13.2 Å². The molecule has 5 heteroatoms. The smallest absolute Gasteiger partial charge is 0.313 e. The van der Waals surface area contributed by atoms with Crippen molar-refractivity contribution in [3.8, 4) is 0 Å². The Morgan fingerprint density at radius 3 is 2.50 bits per heavy atom. The van der Waals surface area contributed by atoms with Crippen LogP contribution in [0.2, 0.25) is 0 Å². The molecule has 2 rings (SSSR count). The molecule has 2 atom stereocenters. The van der Waals surface area contributed by atoms with E-state index in [1.165, 1.54) is 4.90 Å². The lowest BCUT2D eigenvalue weighted by molar-refractivity contribution is -0.186. The van der Waals surface area contributed by atoms with Crippen LogP contribution >= 0.6 is 0 Å². The highest BCUT2D eigenvalue weighted by molar-refractivity contribution is 5.20. The molecule has 0 saturated carbocycles. The molecule has 0 amide bonds. The first-order valence-corrected chi connectivity index (χ1v) is 7.11. The predicted octanol–water partition coefficient (Wildman–Crippen LogP) is 3.36. The predicted molar refractivity (Wildman–Crippen MR) is 73.5 cm³/mol. The van der Waals surface area contributed by atoms with E-state index < -0.39 is 12.2 Å². The standard InChI is InChI=1S/C15H21F3N2/c1-2-20(11-13-9-6-10-19-13)14(15(16,17)18)12-7-4-3-5-8-12/h3-5,7-8,13-14,19H,2,6,9-11H2,1H3. The van der Waals surface area contributed by atoms with E-state index in [-0.39, 0.29) is 6.04 Å². The second-order valence-electron chi connectivity index (χ2n) is 5.24. The monoisotopic (exact) mass is 286 g/mol. The van der Waals surface area contributed by atoms with Crippen molar-refractivity contribution in [1.82, 2.24) is 10.2 Å². The Hall–Kier alpha value is -1.07.